The predicted molar refractivity (Wildman–Crippen MR) is 189 cm³/mol. The first kappa shape index (κ1) is 31.1. The third kappa shape index (κ3) is 6.71. The lowest BCUT2D eigenvalue weighted by atomic mass is 9.79. The quantitative estimate of drug-likeness (QED) is 0.167. The van der Waals surface area contributed by atoms with Gasteiger partial charge in [0.2, 0.25) is 0 Å². The van der Waals surface area contributed by atoms with Gasteiger partial charge in [0.05, 0.1) is 12.1 Å². The van der Waals surface area contributed by atoms with Crippen LogP contribution in [0.25, 0.3) is 44.5 Å². The van der Waals surface area contributed by atoms with Crippen molar-refractivity contribution in [1.29, 1.82) is 0 Å². The molecule has 4 heteroatoms. The maximum atomic E-state index is 14.3. The zero-order valence-corrected chi connectivity index (χ0v) is 27.2. The molecule has 0 aromatic heterocycles. The van der Waals surface area contributed by atoms with Crippen LogP contribution < -0.4 is 9.47 Å². The maximum Gasteiger partial charge on any atom is 0.123 e. The van der Waals surface area contributed by atoms with Crippen molar-refractivity contribution < 1.29 is 13.9 Å². The number of hydrogen-bond donors (Lipinski definition) is 0. The van der Waals surface area contributed by atoms with Gasteiger partial charge in [-0.1, -0.05) is 109 Å². The molecule has 0 saturated heterocycles. The van der Waals surface area contributed by atoms with Crippen LogP contribution in [0, 0.1) is 5.82 Å². The maximum absolute atomic E-state index is 14.3. The Balaban J connectivity index is 1.75. The average molecular weight is 627 g/mol. The Bertz CT molecular complexity index is 1930. The highest BCUT2D eigenvalue weighted by Crippen LogP contribution is 2.52. The molecule has 0 aliphatic rings. The van der Waals surface area contributed by atoms with Gasteiger partial charge in [-0.15, -0.1) is 0 Å². The molecule has 0 unspecified atom stereocenters. The molecule has 0 aliphatic heterocycles. The molecule has 0 N–H and O–H groups in total. The molecule has 0 aliphatic carbocycles. The van der Waals surface area contributed by atoms with Crippen LogP contribution in [0.2, 0.25) is 5.02 Å². The third-order valence-electron chi connectivity index (χ3n) is 7.91. The normalized spacial score (nSPS) is 11.3. The predicted octanol–water partition coefficient (Wildman–Crippen LogP) is 11.9. The molecule has 6 rings (SSSR count). The third-order valence-corrected chi connectivity index (χ3v) is 8.29. The van der Waals surface area contributed by atoms with Gasteiger partial charge in [0.15, 0.2) is 0 Å². The van der Waals surface area contributed by atoms with E-state index in [1.54, 1.807) is 7.11 Å². The Kier molecular flexibility index (Phi) is 8.96. The summed E-state index contributed by atoms with van der Waals surface area (Å²) in [5, 5.41) is 0.609. The molecular weight excluding hydrogens is 591 g/mol. The molecule has 0 radical (unpaired) electrons. The summed E-state index contributed by atoms with van der Waals surface area (Å²) >= 11 is 7.65. The van der Waals surface area contributed by atoms with Crippen LogP contribution >= 0.6 is 11.6 Å². The van der Waals surface area contributed by atoms with Gasteiger partial charge in [-0.2, -0.15) is 0 Å². The molecule has 6 aromatic carbocycles. The summed E-state index contributed by atoms with van der Waals surface area (Å²) in [4.78, 5) is 0. The van der Waals surface area contributed by atoms with Gasteiger partial charge in [-0.05, 0) is 108 Å². The second-order valence-electron chi connectivity index (χ2n) is 12.3. The number of benzene rings is 6. The highest BCUT2D eigenvalue weighted by atomic mass is 35.5. The monoisotopic (exact) mass is 626 g/mol. The average Bonchev–Trinajstić information content (AvgIpc) is 3.06. The van der Waals surface area contributed by atoms with Crippen molar-refractivity contribution in [3.8, 4) is 56.0 Å². The Hall–Kier alpha value is -4.86. The fraction of sp³-hybridized carbons (Fsp3) is 0.143. The topological polar surface area (TPSA) is 18.5 Å². The number of hydrogen-bond acceptors (Lipinski definition) is 2. The minimum atomic E-state index is -0.327. The molecule has 46 heavy (non-hydrogen) atoms. The van der Waals surface area contributed by atoms with Crippen molar-refractivity contribution in [3.05, 3.63) is 155 Å². The summed E-state index contributed by atoms with van der Waals surface area (Å²) < 4.78 is 26.0. The minimum absolute atomic E-state index is 0.299. The van der Waals surface area contributed by atoms with E-state index < -0.39 is 0 Å². The largest absolute Gasteiger partial charge is 0.497 e. The Labute approximate surface area is 276 Å². The highest BCUT2D eigenvalue weighted by molar-refractivity contribution is 6.38. The van der Waals surface area contributed by atoms with Crippen LogP contribution in [0.3, 0.4) is 0 Å². The lowest BCUT2D eigenvalue weighted by Crippen LogP contribution is -2.22. The van der Waals surface area contributed by atoms with E-state index in [9.17, 15) is 4.39 Å². The fourth-order valence-corrected chi connectivity index (χ4v) is 6.37. The van der Waals surface area contributed by atoms with Crippen molar-refractivity contribution in [2.24, 2.45) is 0 Å². The number of methoxy groups -OCH3 is 1. The highest BCUT2D eigenvalue weighted by Gasteiger charge is 2.27. The first-order valence-corrected chi connectivity index (χ1v) is 15.8. The molecular formula is C42H36ClFO2. The van der Waals surface area contributed by atoms with Gasteiger partial charge < -0.3 is 9.47 Å². The van der Waals surface area contributed by atoms with Crippen molar-refractivity contribution in [2.75, 3.05) is 7.11 Å². The van der Waals surface area contributed by atoms with Gasteiger partial charge in [-0.25, -0.2) is 4.39 Å². The summed E-state index contributed by atoms with van der Waals surface area (Å²) in [6.07, 6.45) is 0.640. The lowest BCUT2D eigenvalue weighted by Gasteiger charge is -2.26. The van der Waals surface area contributed by atoms with E-state index in [4.69, 9.17) is 21.1 Å². The smallest absolute Gasteiger partial charge is 0.123 e. The first-order valence-electron chi connectivity index (χ1n) is 15.4. The molecule has 2 nitrogen and oxygen atoms in total. The van der Waals surface area contributed by atoms with Crippen LogP contribution in [0.4, 0.5) is 4.39 Å². The summed E-state index contributed by atoms with van der Waals surface area (Å²) in [5.41, 5.74) is 9.60. The van der Waals surface area contributed by atoms with E-state index in [0.29, 0.717) is 11.4 Å². The van der Waals surface area contributed by atoms with Crippen LogP contribution in [0.15, 0.2) is 133 Å². The fourth-order valence-electron chi connectivity index (χ4n) is 5.95. The number of ether oxygens (including phenoxy) is 2. The molecule has 0 bridgehead atoms. The molecule has 230 valence electrons. The van der Waals surface area contributed by atoms with E-state index in [1.807, 2.05) is 81.4 Å². The molecule has 6 aromatic rings. The van der Waals surface area contributed by atoms with Gasteiger partial charge in [0.25, 0.3) is 0 Å². The summed E-state index contributed by atoms with van der Waals surface area (Å²) in [7, 11) is 1.67. The second kappa shape index (κ2) is 13.2. The van der Waals surface area contributed by atoms with Gasteiger partial charge in [-0.3, -0.25) is 0 Å². The van der Waals surface area contributed by atoms with Crippen LogP contribution in [0.5, 0.6) is 11.5 Å². The second-order valence-corrected chi connectivity index (χ2v) is 12.7. The molecule has 0 atom stereocenters. The molecule has 0 amide bonds. The van der Waals surface area contributed by atoms with E-state index in [0.717, 1.165) is 67.1 Å². The molecule has 0 saturated carbocycles. The minimum Gasteiger partial charge on any atom is -0.497 e. The van der Waals surface area contributed by atoms with Crippen LogP contribution in [-0.2, 0) is 6.42 Å². The molecule has 0 fully saturated rings. The van der Waals surface area contributed by atoms with Crippen molar-refractivity contribution >= 4 is 11.6 Å². The summed E-state index contributed by atoms with van der Waals surface area (Å²) in [6.45, 7) is 6.11. The summed E-state index contributed by atoms with van der Waals surface area (Å²) in [6, 6.07) is 43.7. The van der Waals surface area contributed by atoms with Gasteiger partial charge in [0, 0.05) is 11.1 Å². The zero-order chi connectivity index (χ0) is 32.3. The van der Waals surface area contributed by atoms with Crippen LogP contribution in [0.1, 0.15) is 31.9 Å². The zero-order valence-electron chi connectivity index (χ0n) is 26.5. The summed E-state index contributed by atoms with van der Waals surface area (Å²) in [5.74, 6) is 1.26. The lowest BCUT2D eigenvalue weighted by molar-refractivity contribution is 0.131. The van der Waals surface area contributed by atoms with E-state index in [2.05, 4.69) is 60.7 Å². The van der Waals surface area contributed by atoms with E-state index in [1.165, 1.54) is 12.1 Å². The SMILES string of the molecule is COc1ccc(-c2c(Cc3ccccc3)c(-c3ccc(OC(C)(C)C)cc3)c(Cl)c(-c3ccc(F)cc3)c2-c2ccccc2)cc1. The number of rotatable bonds is 8. The van der Waals surface area contributed by atoms with Gasteiger partial charge >= 0.3 is 0 Å². The Morgan fingerprint density at radius 2 is 1.02 bits per heavy atom. The van der Waals surface area contributed by atoms with Crippen molar-refractivity contribution in [3.63, 3.8) is 0 Å². The van der Waals surface area contributed by atoms with Crippen molar-refractivity contribution in [1.82, 2.24) is 0 Å². The number of halogens is 2. The standard InChI is InChI=1S/C42H36ClFO2/c1-42(2,3)46-35-25-19-31(20-26-35)38-36(27-28-11-7-5-8-12-28)37(30-17-23-34(45-4)24-18-30)39(29-13-9-6-10-14-29)40(41(38)43)32-15-21-33(44)22-16-32/h5-26H,27H2,1-4H3. The Morgan fingerprint density at radius 3 is 1.59 bits per heavy atom. The van der Waals surface area contributed by atoms with E-state index >= 15 is 0 Å². The molecule has 0 heterocycles. The van der Waals surface area contributed by atoms with Crippen molar-refractivity contribution in [2.45, 2.75) is 32.8 Å². The van der Waals surface area contributed by atoms with Crippen LogP contribution in [-0.4, -0.2) is 12.7 Å². The Morgan fingerprint density at radius 1 is 0.543 bits per heavy atom. The van der Waals surface area contributed by atoms with E-state index in [-0.39, 0.29) is 11.4 Å². The first-order chi connectivity index (χ1) is 22.2. The molecule has 0 spiro atoms. The van der Waals surface area contributed by atoms with Gasteiger partial charge in [0.1, 0.15) is 22.9 Å².